The van der Waals surface area contributed by atoms with Crippen LogP contribution in [0.1, 0.15) is 30.9 Å². The first-order valence-electron chi connectivity index (χ1n) is 9.90. The van der Waals surface area contributed by atoms with E-state index in [-0.39, 0.29) is 18.4 Å². The molecule has 2 aromatic rings. The summed E-state index contributed by atoms with van der Waals surface area (Å²) in [5.41, 5.74) is 2.01. The lowest BCUT2D eigenvalue weighted by atomic mass is 10.1. The molecule has 0 aliphatic heterocycles. The lowest BCUT2D eigenvalue weighted by molar-refractivity contribution is -0.140. The first-order chi connectivity index (χ1) is 14.0. The molecule has 0 aliphatic rings. The molecule has 0 aromatic heterocycles. The Kier molecular flexibility index (Phi) is 9.18. The number of ether oxygens (including phenoxy) is 1. The van der Waals surface area contributed by atoms with Crippen molar-refractivity contribution < 1.29 is 19.4 Å². The largest absolute Gasteiger partial charge is 0.497 e. The normalized spacial score (nSPS) is 11.6. The fraction of sp³-hybridized carbons (Fsp3) is 0.391. The van der Waals surface area contributed by atoms with Gasteiger partial charge in [0.1, 0.15) is 11.8 Å². The maximum Gasteiger partial charge on any atom is 0.242 e. The van der Waals surface area contributed by atoms with Gasteiger partial charge in [0.15, 0.2) is 0 Å². The fourth-order valence-corrected chi connectivity index (χ4v) is 2.99. The highest BCUT2D eigenvalue weighted by Gasteiger charge is 2.25. The van der Waals surface area contributed by atoms with Crippen LogP contribution in [-0.4, -0.2) is 48.1 Å². The lowest BCUT2D eigenvalue weighted by Gasteiger charge is -2.29. The van der Waals surface area contributed by atoms with Crippen LogP contribution in [0.25, 0.3) is 0 Å². The minimum absolute atomic E-state index is 0.0141. The van der Waals surface area contributed by atoms with E-state index in [9.17, 15) is 9.59 Å². The number of carbonyl (C=O) groups is 2. The topological polar surface area (TPSA) is 78.9 Å². The monoisotopic (exact) mass is 398 g/mol. The Bertz CT molecular complexity index is 762. The molecule has 0 fully saturated rings. The molecule has 156 valence electrons. The number of hydrogen-bond acceptors (Lipinski definition) is 4. The van der Waals surface area contributed by atoms with Crippen LogP contribution in [-0.2, 0) is 22.6 Å². The maximum atomic E-state index is 13.0. The third-order valence-corrected chi connectivity index (χ3v) is 4.78. The zero-order chi connectivity index (χ0) is 21.1. The molecule has 0 bridgehead atoms. The molecule has 6 nitrogen and oxygen atoms in total. The number of rotatable bonds is 11. The minimum atomic E-state index is -0.612. The Labute approximate surface area is 172 Å². The van der Waals surface area contributed by atoms with E-state index in [0.29, 0.717) is 32.4 Å². The summed E-state index contributed by atoms with van der Waals surface area (Å²) in [6.07, 6.45) is 1.44. The third-order valence-electron chi connectivity index (χ3n) is 4.78. The van der Waals surface area contributed by atoms with Gasteiger partial charge in [0.05, 0.1) is 7.11 Å². The summed E-state index contributed by atoms with van der Waals surface area (Å²) in [5, 5.41) is 11.7. The van der Waals surface area contributed by atoms with Crippen LogP contribution in [0.5, 0.6) is 5.75 Å². The summed E-state index contributed by atoms with van der Waals surface area (Å²) in [5.74, 6) is 0.444. The number of nitrogens with zero attached hydrogens (tertiary/aromatic N) is 1. The van der Waals surface area contributed by atoms with Gasteiger partial charge in [-0.25, -0.2) is 0 Å². The molecule has 0 aliphatic carbocycles. The molecule has 1 unspecified atom stereocenters. The Morgan fingerprint density at radius 3 is 2.38 bits per heavy atom. The summed E-state index contributed by atoms with van der Waals surface area (Å²) >= 11 is 0. The number of methoxy groups -OCH3 is 1. The predicted octanol–water partition coefficient (Wildman–Crippen LogP) is 2.54. The molecular formula is C23H30N2O4. The molecule has 2 aromatic carbocycles. The van der Waals surface area contributed by atoms with Gasteiger partial charge >= 0.3 is 0 Å². The van der Waals surface area contributed by atoms with E-state index in [0.717, 1.165) is 16.9 Å². The van der Waals surface area contributed by atoms with E-state index in [1.54, 1.807) is 18.9 Å². The standard InChI is InChI=1S/C23H30N2O4/c1-18(23(28)24-15-6-16-26)25(17-20-9-12-21(29-2)13-10-20)22(27)14-11-19-7-4-3-5-8-19/h3-5,7-10,12-13,18,26H,6,11,14-17H2,1-2H3,(H,24,28). The van der Waals surface area contributed by atoms with Gasteiger partial charge in [-0.15, -0.1) is 0 Å². The molecule has 2 amide bonds. The van der Waals surface area contributed by atoms with Gasteiger partial charge in [-0.05, 0) is 43.0 Å². The van der Waals surface area contributed by atoms with Gasteiger partial charge in [0.2, 0.25) is 11.8 Å². The number of aliphatic hydroxyl groups is 1. The molecule has 0 saturated heterocycles. The van der Waals surface area contributed by atoms with Crippen LogP contribution in [0.15, 0.2) is 54.6 Å². The average molecular weight is 399 g/mol. The van der Waals surface area contributed by atoms with E-state index in [2.05, 4.69) is 5.32 Å². The van der Waals surface area contributed by atoms with Crippen LogP contribution in [0.3, 0.4) is 0 Å². The smallest absolute Gasteiger partial charge is 0.242 e. The van der Waals surface area contributed by atoms with Gasteiger partial charge in [-0.2, -0.15) is 0 Å². The van der Waals surface area contributed by atoms with Crippen molar-refractivity contribution in [1.29, 1.82) is 0 Å². The highest BCUT2D eigenvalue weighted by atomic mass is 16.5. The molecule has 0 spiro atoms. The Morgan fingerprint density at radius 2 is 1.76 bits per heavy atom. The molecule has 1 atom stereocenters. The van der Waals surface area contributed by atoms with E-state index >= 15 is 0 Å². The molecule has 2 N–H and O–H groups in total. The van der Waals surface area contributed by atoms with Crippen molar-refractivity contribution >= 4 is 11.8 Å². The average Bonchev–Trinajstić information content (AvgIpc) is 2.76. The number of nitrogens with one attached hydrogen (secondary N) is 1. The first kappa shape index (κ1) is 22.4. The summed E-state index contributed by atoms with van der Waals surface area (Å²) in [6.45, 7) is 2.47. The second kappa shape index (κ2) is 11.9. The highest BCUT2D eigenvalue weighted by molar-refractivity contribution is 5.87. The van der Waals surface area contributed by atoms with Gasteiger partial charge in [0.25, 0.3) is 0 Å². The van der Waals surface area contributed by atoms with Crippen LogP contribution in [0.2, 0.25) is 0 Å². The Hall–Kier alpha value is -2.86. The molecule has 0 heterocycles. The fourth-order valence-electron chi connectivity index (χ4n) is 2.99. The molecule has 29 heavy (non-hydrogen) atoms. The van der Waals surface area contributed by atoms with Gasteiger partial charge in [0, 0.05) is 26.1 Å². The van der Waals surface area contributed by atoms with Crippen LogP contribution >= 0.6 is 0 Å². The molecule has 6 heteroatoms. The lowest BCUT2D eigenvalue weighted by Crippen LogP contribution is -2.47. The number of amides is 2. The summed E-state index contributed by atoms with van der Waals surface area (Å²) < 4.78 is 5.18. The van der Waals surface area contributed by atoms with Crippen molar-refractivity contribution in [2.45, 2.75) is 38.8 Å². The van der Waals surface area contributed by atoms with Crippen molar-refractivity contribution in [3.8, 4) is 5.75 Å². The van der Waals surface area contributed by atoms with Crippen molar-refractivity contribution in [3.05, 3.63) is 65.7 Å². The summed E-state index contributed by atoms with van der Waals surface area (Å²) in [7, 11) is 1.60. The molecule has 0 saturated carbocycles. The van der Waals surface area contributed by atoms with Crippen molar-refractivity contribution in [2.24, 2.45) is 0 Å². The van der Waals surface area contributed by atoms with Crippen molar-refractivity contribution in [1.82, 2.24) is 10.2 Å². The number of carbonyl (C=O) groups excluding carboxylic acids is 2. The van der Waals surface area contributed by atoms with Gasteiger partial charge < -0.3 is 20.1 Å². The number of benzene rings is 2. The van der Waals surface area contributed by atoms with Crippen molar-refractivity contribution in [3.63, 3.8) is 0 Å². The highest BCUT2D eigenvalue weighted by Crippen LogP contribution is 2.16. The van der Waals surface area contributed by atoms with Crippen LogP contribution < -0.4 is 10.1 Å². The van der Waals surface area contributed by atoms with E-state index in [4.69, 9.17) is 9.84 Å². The van der Waals surface area contributed by atoms with Gasteiger partial charge in [-0.1, -0.05) is 42.5 Å². The Morgan fingerprint density at radius 1 is 1.07 bits per heavy atom. The number of aryl methyl sites for hydroxylation is 1. The summed E-state index contributed by atoms with van der Waals surface area (Å²) in [4.78, 5) is 27.1. The second-order valence-corrected chi connectivity index (χ2v) is 6.90. The minimum Gasteiger partial charge on any atom is -0.497 e. The molecular weight excluding hydrogens is 368 g/mol. The van der Waals surface area contributed by atoms with E-state index in [1.165, 1.54) is 0 Å². The number of hydrogen-bond donors (Lipinski definition) is 2. The zero-order valence-electron chi connectivity index (χ0n) is 17.1. The first-order valence-corrected chi connectivity index (χ1v) is 9.90. The third kappa shape index (κ3) is 7.23. The maximum absolute atomic E-state index is 13.0. The molecule has 2 rings (SSSR count). The quantitative estimate of drug-likeness (QED) is 0.570. The van der Waals surface area contributed by atoms with Crippen molar-refractivity contribution in [2.75, 3.05) is 20.3 Å². The second-order valence-electron chi connectivity index (χ2n) is 6.90. The number of aliphatic hydroxyl groups excluding tert-OH is 1. The predicted molar refractivity (Wildman–Crippen MR) is 112 cm³/mol. The SMILES string of the molecule is COc1ccc(CN(C(=O)CCc2ccccc2)C(C)C(=O)NCCCO)cc1. The van der Waals surface area contributed by atoms with Crippen LogP contribution in [0.4, 0.5) is 0 Å². The van der Waals surface area contributed by atoms with E-state index in [1.807, 2.05) is 54.6 Å². The molecule has 0 radical (unpaired) electrons. The Balaban J connectivity index is 2.09. The van der Waals surface area contributed by atoms with Crippen LogP contribution in [0, 0.1) is 0 Å². The van der Waals surface area contributed by atoms with Gasteiger partial charge in [-0.3, -0.25) is 9.59 Å². The zero-order valence-corrected chi connectivity index (χ0v) is 17.1. The van der Waals surface area contributed by atoms with E-state index < -0.39 is 6.04 Å². The summed E-state index contributed by atoms with van der Waals surface area (Å²) in [6, 6.07) is 16.7.